The van der Waals surface area contributed by atoms with Crippen LogP contribution in [0.3, 0.4) is 0 Å². The molecule has 0 bridgehead atoms. The summed E-state index contributed by atoms with van der Waals surface area (Å²) >= 11 is 6.00. The average molecular weight is 305 g/mol. The van der Waals surface area contributed by atoms with Crippen molar-refractivity contribution in [1.82, 2.24) is 10.2 Å². The van der Waals surface area contributed by atoms with Gasteiger partial charge in [0, 0.05) is 11.1 Å². The molecular weight excluding hydrogens is 284 g/mol. The third-order valence-electron chi connectivity index (χ3n) is 5.33. The molecule has 4 heteroatoms. The van der Waals surface area contributed by atoms with E-state index in [-0.39, 0.29) is 11.7 Å². The lowest BCUT2D eigenvalue weighted by Crippen LogP contribution is -2.39. The van der Waals surface area contributed by atoms with E-state index in [1.54, 1.807) is 0 Å². The van der Waals surface area contributed by atoms with Crippen LogP contribution in [0.15, 0.2) is 24.3 Å². The number of nitrogens with one attached hydrogen (secondary N) is 1. The molecule has 4 rings (SSSR count). The Morgan fingerprint density at radius 2 is 1.95 bits per heavy atom. The maximum atomic E-state index is 12.9. The Bertz CT molecular complexity index is 567. The van der Waals surface area contributed by atoms with Crippen LogP contribution in [0, 0.1) is 5.92 Å². The topological polar surface area (TPSA) is 32.3 Å². The molecule has 1 spiro atoms. The summed E-state index contributed by atoms with van der Waals surface area (Å²) in [5, 5.41) is 4.34. The number of hydrogen-bond acceptors (Lipinski definition) is 2. The van der Waals surface area contributed by atoms with Crippen LogP contribution in [-0.4, -0.2) is 22.4 Å². The van der Waals surface area contributed by atoms with Crippen LogP contribution in [0.5, 0.6) is 0 Å². The van der Waals surface area contributed by atoms with E-state index in [1.165, 1.54) is 6.42 Å². The summed E-state index contributed by atoms with van der Waals surface area (Å²) in [4.78, 5) is 15.0. The van der Waals surface area contributed by atoms with Gasteiger partial charge >= 0.3 is 0 Å². The van der Waals surface area contributed by atoms with Gasteiger partial charge < -0.3 is 4.90 Å². The summed E-state index contributed by atoms with van der Waals surface area (Å²) in [6.07, 6.45) is 5.48. The van der Waals surface area contributed by atoms with Crippen molar-refractivity contribution in [2.75, 3.05) is 0 Å². The Kier molecular flexibility index (Phi) is 3.05. The maximum absolute atomic E-state index is 12.9. The molecule has 1 aromatic rings. The van der Waals surface area contributed by atoms with Gasteiger partial charge in [-0.05, 0) is 55.7 Å². The minimum Gasteiger partial charge on any atom is -0.318 e. The number of hydrogen-bond donors (Lipinski definition) is 1. The highest BCUT2D eigenvalue weighted by Gasteiger charge is 2.60. The molecular formula is C17H21ClN2O. The number of carbonyl (C=O) groups is 1. The molecule has 0 radical (unpaired) electrons. The number of carbonyl (C=O) groups excluding carboxylic acids is 1. The first kappa shape index (κ1) is 13.6. The predicted octanol–water partition coefficient (Wildman–Crippen LogP) is 3.49. The number of rotatable bonds is 2. The molecule has 3 unspecified atom stereocenters. The smallest absolute Gasteiger partial charge is 0.244 e. The quantitative estimate of drug-likeness (QED) is 0.907. The average Bonchev–Trinajstić information content (AvgIpc) is 3.04. The molecule has 21 heavy (non-hydrogen) atoms. The predicted molar refractivity (Wildman–Crippen MR) is 82.9 cm³/mol. The summed E-state index contributed by atoms with van der Waals surface area (Å²) in [5.74, 6) is 1.05. The molecule has 1 amide bonds. The zero-order chi connectivity index (χ0) is 14.6. The minimum atomic E-state index is -0.254. The first-order chi connectivity index (χ1) is 10.1. The van der Waals surface area contributed by atoms with Gasteiger partial charge in [0.25, 0.3) is 0 Å². The molecule has 1 aliphatic heterocycles. The van der Waals surface area contributed by atoms with E-state index in [0.29, 0.717) is 11.9 Å². The summed E-state index contributed by atoms with van der Waals surface area (Å²) < 4.78 is 0. The SMILES string of the molecule is CC1CCC(N2C(=O)C3(CC3)NC2c2ccc(Cl)cc2)C1. The van der Waals surface area contributed by atoms with Gasteiger partial charge in [-0.3, -0.25) is 10.1 Å². The van der Waals surface area contributed by atoms with Gasteiger partial charge in [-0.25, -0.2) is 0 Å². The zero-order valence-corrected chi connectivity index (χ0v) is 13.1. The second-order valence-electron chi connectivity index (χ2n) is 6.97. The lowest BCUT2D eigenvalue weighted by molar-refractivity contribution is -0.133. The van der Waals surface area contributed by atoms with Crippen LogP contribution in [0.2, 0.25) is 5.02 Å². The van der Waals surface area contributed by atoms with E-state index in [2.05, 4.69) is 17.1 Å². The van der Waals surface area contributed by atoms with Crippen molar-refractivity contribution in [2.24, 2.45) is 5.92 Å². The van der Waals surface area contributed by atoms with Crippen molar-refractivity contribution < 1.29 is 4.79 Å². The normalized spacial score (nSPS) is 33.9. The number of amides is 1. The van der Waals surface area contributed by atoms with Crippen LogP contribution in [-0.2, 0) is 4.79 Å². The molecule has 1 saturated heterocycles. The fourth-order valence-electron chi connectivity index (χ4n) is 3.94. The summed E-state index contributed by atoms with van der Waals surface area (Å²) in [6.45, 7) is 2.29. The first-order valence-corrected chi connectivity index (χ1v) is 8.33. The van der Waals surface area contributed by atoms with E-state index < -0.39 is 0 Å². The van der Waals surface area contributed by atoms with Gasteiger partial charge in [0.05, 0.1) is 0 Å². The Labute approximate surface area is 130 Å². The Balaban J connectivity index is 1.67. The summed E-state index contributed by atoms with van der Waals surface area (Å²) in [5.41, 5.74) is 0.895. The van der Waals surface area contributed by atoms with Gasteiger partial charge in [0.15, 0.2) is 0 Å². The maximum Gasteiger partial charge on any atom is 0.244 e. The van der Waals surface area contributed by atoms with Crippen LogP contribution in [0.25, 0.3) is 0 Å². The lowest BCUT2D eigenvalue weighted by atomic mass is 10.1. The minimum absolute atomic E-state index is 0.0209. The van der Waals surface area contributed by atoms with Crippen LogP contribution < -0.4 is 5.32 Å². The molecule has 112 valence electrons. The van der Waals surface area contributed by atoms with Crippen molar-refractivity contribution in [3.63, 3.8) is 0 Å². The molecule has 3 fully saturated rings. The molecule has 3 atom stereocenters. The third kappa shape index (κ3) is 2.18. The summed E-state index contributed by atoms with van der Waals surface area (Å²) in [7, 11) is 0. The molecule has 1 N–H and O–H groups in total. The molecule has 2 aliphatic carbocycles. The standard InChI is InChI=1S/C17H21ClN2O/c1-11-2-7-14(10-11)20-15(12-3-5-13(18)6-4-12)19-17(8-9-17)16(20)21/h3-6,11,14-15,19H,2,7-10H2,1H3. The van der Waals surface area contributed by atoms with E-state index in [0.717, 1.165) is 42.2 Å². The molecule has 2 saturated carbocycles. The largest absolute Gasteiger partial charge is 0.318 e. The van der Waals surface area contributed by atoms with Gasteiger partial charge in [0.1, 0.15) is 11.7 Å². The van der Waals surface area contributed by atoms with Crippen LogP contribution >= 0.6 is 11.6 Å². The number of benzene rings is 1. The Morgan fingerprint density at radius 3 is 2.52 bits per heavy atom. The van der Waals surface area contributed by atoms with Crippen molar-refractivity contribution in [1.29, 1.82) is 0 Å². The van der Waals surface area contributed by atoms with Gasteiger partial charge in [-0.2, -0.15) is 0 Å². The second kappa shape index (κ2) is 4.72. The van der Waals surface area contributed by atoms with E-state index in [1.807, 2.05) is 24.3 Å². The summed E-state index contributed by atoms with van der Waals surface area (Å²) in [6, 6.07) is 8.30. The number of halogens is 1. The van der Waals surface area contributed by atoms with E-state index in [9.17, 15) is 4.79 Å². The van der Waals surface area contributed by atoms with Gasteiger partial charge in [-0.15, -0.1) is 0 Å². The Morgan fingerprint density at radius 1 is 1.24 bits per heavy atom. The fraction of sp³-hybridized carbons (Fsp3) is 0.588. The van der Waals surface area contributed by atoms with Crippen LogP contribution in [0.1, 0.15) is 50.8 Å². The van der Waals surface area contributed by atoms with Crippen molar-refractivity contribution in [3.05, 3.63) is 34.9 Å². The molecule has 3 nitrogen and oxygen atoms in total. The van der Waals surface area contributed by atoms with E-state index in [4.69, 9.17) is 11.6 Å². The van der Waals surface area contributed by atoms with Crippen LogP contribution in [0.4, 0.5) is 0 Å². The van der Waals surface area contributed by atoms with Gasteiger partial charge in [0.2, 0.25) is 5.91 Å². The fourth-order valence-corrected chi connectivity index (χ4v) is 4.06. The van der Waals surface area contributed by atoms with E-state index >= 15 is 0 Å². The lowest BCUT2D eigenvalue weighted by Gasteiger charge is -2.30. The molecule has 1 aromatic carbocycles. The molecule has 0 aromatic heterocycles. The highest BCUT2D eigenvalue weighted by molar-refractivity contribution is 6.30. The zero-order valence-electron chi connectivity index (χ0n) is 12.3. The molecule has 3 aliphatic rings. The van der Waals surface area contributed by atoms with Crippen molar-refractivity contribution in [2.45, 2.75) is 56.8 Å². The monoisotopic (exact) mass is 304 g/mol. The second-order valence-corrected chi connectivity index (χ2v) is 7.40. The highest BCUT2D eigenvalue weighted by atomic mass is 35.5. The van der Waals surface area contributed by atoms with Crippen molar-refractivity contribution in [3.8, 4) is 0 Å². The molecule has 1 heterocycles. The Hall–Kier alpha value is -1.06. The highest BCUT2D eigenvalue weighted by Crippen LogP contribution is 2.48. The van der Waals surface area contributed by atoms with Crippen molar-refractivity contribution >= 4 is 17.5 Å². The first-order valence-electron chi connectivity index (χ1n) is 7.95. The number of nitrogens with zero attached hydrogens (tertiary/aromatic N) is 1. The third-order valence-corrected chi connectivity index (χ3v) is 5.58. The van der Waals surface area contributed by atoms with Gasteiger partial charge in [-0.1, -0.05) is 30.7 Å².